The quantitative estimate of drug-likeness (QED) is 0.684. The van der Waals surface area contributed by atoms with Crippen molar-refractivity contribution in [3.05, 3.63) is 42.1 Å². The molecule has 2 aromatic heterocycles. The van der Waals surface area contributed by atoms with Gasteiger partial charge in [0, 0.05) is 0 Å². The Morgan fingerprint density at radius 2 is 2.15 bits per heavy atom. The molecule has 3 aromatic rings. The van der Waals surface area contributed by atoms with Crippen LogP contribution in [0.4, 0.5) is 16.6 Å². The Labute approximate surface area is 117 Å². The molecule has 0 aliphatic carbocycles. The maximum atomic E-state index is 11.0. The number of para-hydroxylation sites is 1. The number of nitrogens with zero attached hydrogens (tertiary/aromatic N) is 2. The summed E-state index contributed by atoms with van der Waals surface area (Å²) in [5, 5.41) is 12.7. The van der Waals surface area contributed by atoms with Crippen molar-refractivity contribution >= 4 is 44.2 Å². The van der Waals surface area contributed by atoms with E-state index in [0.29, 0.717) is 10.9 Å². The second-order valence-corrected chi connectivity index (χ2v) is 5.10. The summed E-state index contributed by atoms with van der Waals surface area (Å²) < 4.78 is 1.05. The molecular weight excluding hydrogens is 276 g/mol. The SMILES string of the molecule is Nc1cnc(Nc2nc3ccccc3s2)cc1C(=O)O. The minimum Gasteiger partial charge on any atom is -0.478 e. The fraction of sp³-hybridized carbons (Fsp3) is 0. The van der Waals surface area contributed by atoms with Gasteiger partial charge in [-0.1, -0.05) is 23.5 Å². The first kappa shape index (κ1) is 12.4. The number of fused-ring (bicyclic) bond motifs is 1. The number of nitrogens with two attached hydrogens (primary N) is 1. The maximum Gasteiger partial charge on any atom is 0.337 e. The molecule has 0 saturated heterocycles. The van der Waals surface area contributed by atoms with Crippen LogP contribution in [0.15, 0.2) is 36.5 Å². The van der Waals surface area contributed by atoms with E-state index in [-0.39, 0.29) is 11.3 Å². The number of aromatic nitrogens is 2. The molecule has 0 bridgehead atoms. The summed E-state index contributed by atoms with van der Waals surface area (Å²) >= 11 is 1.47. The number of pyridine rings is 1. The van der Waals surface area contributed by atoms with E-state index in [1.54, 1.807) is 0 Å². The van der Waals surface area contributed by atoms with Crippen LogP contribution < -0.4 is 11.1 Å². The van der Waals surface area contributed by atoms with Gasteiger partial charge in [0.2, 0.25) is 0 Å². The summed E-state index contributed by atoms with van der Waals surface area (Å²) in [6.07, 6.45) is 1.32. The number of hydrogen-bond donors (Lipinski definition) is 3. The van der Waals surface area contributed by atoms with Crippen molar-refractivity contribution in [1.82, 2.24) is 9.97 Å². The third-order valence-electron chi connectivity index (χ3n) is 2.69. The predicted octanol–water partition coefficient (Wildman–Crippen LogP) is 2.72. The highest BCUT2D eigenvalue weighted by molar-refractivity contribution is 7.22. The number of hydrogen-bond acceptors (Lipinski definition) is 6. The van der Waals surface area contributed by atoms with Crippen molar-refractivity contribution in [3.63, 3.8) is 0 Å². The van der Waals surface area contributed by atoms with Gasteiger partial charge in [-0.25, -0.2) is 14.8 Å². The van der Waals surface area contributed by atoms with E-state index in [1.807, 2.05) is 24.3 Å². The van der Waals surface area contributed by atoms with Crippen molar-refractivity contribution in [2.45, 2.75) is 0 Å². The third-order valence-corrected chi connectivity index (χ3v) is 3.65. The molecule has 100 valence electrons. The molecule has 0 fully saturated rings. The molecule has 4 N–H and O–H groups in total. The standard InChI is InChI=1S/C13H10N4O2S/c14-8-6-15-11(5-7(8)12(18)19)17-13-16-9-3-1-2-4-10(9)20-13/h1-6H,14H2,(H,18,19)(H,15,16,17). The van der Waals surface area contributed by atoms with Gasteiger partial charge in [0.15, 0.2) is 5.13 Å². The lowest BCUT2D eigenvalue weighted by Gasteiger charge is -2.04. The molecule has 1 aromatic carbocycles. The summed E-state index contributed by atoms with van der Waals surface area (Å²) in [4.78, 5) is 19.5. The lowest BCUT2D eigenvalue weighted by molar-refractivity contribution is 0.0698. The molecule has 0 aliphatic rings. The highest BCUT2D eigenvalue weighted by Crippen LogP contribution is 2.28. The maximum absolute atomic E-state index is 11.0. The van der Waals surface area contributed by atoms with Gasteiger partial charge in [0.25, 0.3) is 0 Å². The fourth-order valence-electron chi connectivity index (χ4n) is 1.75. The molecule has 0 aliphatic heterocycles. The number of aromatic carboxylic acids is 1. The Morgan fingerprint density at radius 1 is 1.35 bits per heavy atom. The molecule has 0 atom stereocenters. The number of rotatable bonds is 3. The van der Waals surface area contributed by atoms with E-state index < -0.39 is 5.97 Å². The van der Waals surface area contributed by atoms with Crippen molar-refractivity contribution in [2.24, 2.45) is 0 Å². The number of carboxylic acids is 1. The molecule has 6 nitrogen and oxygen atoms in total. The summed E-state index contributed by atoms with van der Waals surface area (Å²) in [6, 6.07) is 9.13. The van der Waals surface area contributed by atoms with Gasteiger partial charge in [-0.15, -0.1) is 0 Å². The van der Waals surface area contributed by atoms with Crippen LogP contribution in [0.1, 0.15) is 10.4 Å². The first-order valence-electron chi connectivity index (χ1n) is 5.75. The van der Waals surface area contributed by atoms with Gasteiger partial charge in [-0.05, 0) is 18.2 Å². The van der Waals surface area contributed by atoms with Crippen molar-refractivity contribution < 1.29 is 9.90 Å². The van der Waals surface area contributed by atoms with E-state index >= 15 is 0 Å². The normalized spacial score (nSPS) is 10.6. The average Bonchev–Trinajstić information content (AvgIpc) is 2.82. The topological polar surface area (TPSA) is 101 Å². The van der Waals surface area contributed by atoms with E-state index in [4.69, 9.17) is 10.8 Å². The highest BCUT2D eigenvalue weighted by atomic mass is 32.1. The average molecular weight is 286 g/mol. The minimum atomic E-state index is -1.09. The van der Waals surface area contributed by atoms with Gasteiger partial charge < -0.3 is 16.2 Å². The van der Waals surface area contributed by atoms with Crippen molar-refractivity contribution in [2.75, 3.05) is 11.1 Å². The van der Waals surface area contributed by atoms with E-state index in [9.17, 15) is 4.79 Å². The number of carbonyl (C=O) groups is 1. The van der Waals surface area contributed by atoms with Crippen molar-refractivity contribution in [1.29, 1.82) is 0 Å². The minimum absolute atomic E-state index is 0.0172. The number of anilines is 3. The van der Waals surface area contributed by atoms with Gasteiger partial charge in [0.1, 0.15) is 5.82 Å². The Morgan fingerprint density at radius 3 is 2.90 bits per heavy atom. The largest absolute Gasteiger partial charge is 0.478 e. The first-order chi connectivity index (χ1) is 9.63. The molecular formula is C13H10N4O2S. The van der Waals surface area contributed by atoms with Gasteiger partial charge in [0.05, 0.1) is 27.7 Å². The zero-order valence-corrected chi connectivity index (χ0v) is 11.0. The fourth-order valence-corrected chi connectivity index (χ4v) is 2.63. The van der Waals surface area contributed by atoms with Gasteiger partial charge >= 0.3 is 5.97 Å². The molecule has 0 spiro atoms. The second kappa shape index (κ2) is 4.78. The number of thiazole rings is 1. The summed E-state index contributed by atoms with van der Waals surface area (Å²) in [5.74, 6) is -0.687. The number of benzene rings is 1. The van der Waals surface area contributed by atoms with Crippen LogP contribution in [0, 0.1) is 0 Å². The lowest BCUT2D eigenvalue weighted by atomic mass is 10.2. The zero-order chi connectivity index (χ0) is 14.1. The van der Waals surface area contributed by atoms with E-state index in [1.165, 1.54) is 23.6 Å². The molecule has 20 heavy (non-hydrogen) atoms. The predicted molar refractivity (Wildman–Crippen MR) is 78.5 cm³/mol. The Balaban J connectivity index is 1.94. The van der Waals surface area contributed by atoms with Gasteiger partial charge in [-0.2, -0.15) is 0 Å². The first-order valence-corrected chi connectivity index (χ1v) is 6.56. The lowest BCUT2D eigenvalue weighted by Crippen LogP contribution is -2.04. The Hall–Kier alpha value is -2.67. The summed E-state index contributed by atoms with van der Waals surface area (Å²) in [5.41, 5.74) is 6.59. The smallest absolute Gasteiger partial charge is 0.337 e. The monoisotopic (exact) mass is 286 g/mol. The Kier molecular flexibility index (Phi) is 2.96. The zero-order valence-electron chi connectivity index (χ0n) is 10.2. The van der Waals surface area contributed by atoms with E-state index in [0.717, 1.165) is 10.2 Å². The van der Waals surface area contributed by atoms with Crippen LogP contribution in [0.5, 0.6) is 0 Å². The molecule has 0 saturated carbocycles. The summed E-state index contributed by atoms with van der Waals surface area (Å²) in [6.45, 7) is 0. The number of carboxylic acid groups (broad SMARTS) is 1. The highest BCUT2D eigenvalue weighted by Gasteiger charge is 2.11. The van der Waals surface area contributed by atoms with Crippen LogP contribution in [0.25, 0.3) is 10.2 Å². The number of nitrogen functional groups attached to an aromatic ring is 1. The third kappa shape index (κ3) is 2.26. The molecule has 3 rings (SSSR count). The van der Waals surface area contributed by atoms with Crippen LogP contribution >= 0.6 is 11.3 Å². The van der Waals surface area contributed by atoms with Crippen LogP contribution in [0.2, 0.25) is 0 Å². The molecule has 7 heteroatoms. The van der Waals surface area contributed by atoms with Crippen LogP contribution in [-0.2, 0) is 0 Å². The molecule has 0 unspecified atom stereocenters. The van der Waals surface area contributed by atoms with Crippen molar-refractivity contribution in [3.8, 4) is 0 Å². The number of nitrogens with one attached hydrogen (secondary N) is 1. The summed E-state index contributed by atoms with van der Waals surface area (Å²) in [7, 11) is 0. The molecule has 2 heterocycles. The van der Waals surface area contributed by atoms with Crippen LogP contribution in [-0.4, -0.2) is 21.0 Å². The van der Waals surface area contributed by atoms with Crippen LogP contribution in [0.3, 0.4) is 0 Å². The van der Waals surface area contributed by atoms with E-state index in [2.05, 4.69) is 15.3 Å². The Bertz CT molecular complexity index is 767. The second-order valence-electron chi connectivity index (χ2n) is 4.07. The van der Waals surface area contributed by atoms with Gasteiger partial charge in [-0.3, -0.25) is 0 Å². The molecule has 0 radical (unpaired) electrons. The molecule has 0 amide bonds.